The molecule has 0 bridgehead atoms. The number of carbonyl (C=O) groups excluding carboxylic acids is 1. The highest BCUT2D eigenvalue weighted by Gasteiger charge is 2.48. The van der Waals surface area contributed by atoms with Crippen LogP contribution in [0.3, 0.4) is 0 Å². The lowest BCUT2D eigenvalue weighted by atomic mass is 9.84. The molecule has 4 heteroatoms. The normalized spacial score (nSPS) is 25.8. The van der Waals surface area contributed by atoms with Crippen LogP contribution in [-0.2, 0) is 9.53 Å². The summed E-state index contributed by atoms with van der Waals surface area (Å²) in [5.74, 6) is 0.334. The number of hydrogen-bond donors (Lipinski definition) is 1. The van der Waals surface area contributed by atoms with Crippen LogP contribution in [0.2, 0.25) is 0 Å². The fourth-order valence-electron chi connectivity index (χ4n) is 3.67. The first-order valence-corrected chi connectivity index (χ1v) is 8.62. The summed E-state index contributed by atoms with van der Waals surface area (Å²) in [6.07, 6.45) is 5.38. The Bertz CT molecular complexity index is 320. The maximum atomic E-state index is 12.4. The Morgan fingerprint density at radius 2 is 2.10 bits per heavy atom. The highest BCUT2D eigenvalue weighted by atomic mass is 16.5. The van der Waals surface area contributed by atoms with E-state index in [2.05, 4.69) is 31.0 Å². The Balaban J connectivity index is 2.69. The second-order valence-electron chi connectivity index (χ2n) is 6.45. The quantitative estimate of drug-likeness (QED) is 0.665. The standard InChI is InChI=1S/C17H34N2O2/c1-6-12-19(14(3)4)13-10-15-9-8-11-17(15,18-5)16(20)21-7-2/h14-15,18H,6-13H2,1-5H3. The van der Waals surface area contributed by atoms with Gasteiger partial charge >= 0.3 is 5.97 Å². The molecule has 4 nitrogen and oxygen atoms in total. The molecule has 1 rings (SSSR count). The smallest absolute Gasteiger partial charge is 0.326 e. The van der Waals surface area contributed by atoms with Crippen LogP contribution in [-0.4, -0.2) is 49.2 Å². The highest BCUT2D eigenvalue weighted by molar-refractivity contribution is 5.81. The Morgan fingerprint density at radius 3 is 2.62 bits per heavy atom. The van der Waals surface area contributed by atoms with Crippen LogP contribution in [0.15, 0.2) is 0 Å². The largest absolute Gasteiger partial charge is 0.465 e. The van der Waals surface area contributed by atoms with Crippen molar-refractivity contribution in [3.05, 3.63) is 0 Å². The number of carbonyl (C=O) groups is 1. The predicted molar refractivity (Wildman–Crippen MR) is 87.4 cm³/mol. The number of rotatable bonds is 9. The van der Waals surface area contributed by atoms with Gasteiger partial charge < -0.3 is 15.0 Å². The first kappa shape index (κ1) is 18.4. The molecule has 0 spiro atoms. The molecule has 2 atom stereocenters. The van der Waals surface area contributed by atoms with Gasteiger partial charge in [0.05, 0.1) is 6.61 Å². The van der Waals surface area contributed by atoms with Gasteiger partial charge in [-0.15, -0.1) is 0 Å². The average molecular weight is 298 g/mol. The molecule has 2 unspecified atom stereocenters. The van der Waals surface area contributed by atoms with Crippen LogP contribution >= 0.6 is 0 Å². The highest BCUT2D eigenvalue weighted by Crippen LogP contribution is 2.39. The zero-order valence-corrected chi connectivity index (χ0v) is 14.6. The van der Waals surface area contributed by atoms with Gasteiger partial charge in [0.2, 0.25) is 0 Å². The van der Waals surface area contributed by atoms with Gasteiger partial charge in [0.1, 0.15) is 5.54 Å². The zero-order chi connectivity index (χ0) is 15.9. The van der Waals surface area contributed by atoms with E-state index in [1.165, 1.54) is 6.42 Å². The van der Waals surface area contributed by atoms with E-state index in [0.717, 1.165) is 38.8 Å². The van der Waals surface area contributed by atoms with E-state index in [1.54, 1.807) is 0 Å². The molecule has 1 aliphatic rings. The molecule has 0 amide bonds. The third kappa shape index (κ3) is 4.43. The summed E-state index contributed by atoms with van der Waals surface area (Å²) in [6.45, 7) is 11.3. The average Bonchev–Trinajstić information content (AvgIpc) is 2.87. The molecule has 0 heterocycles. The Hall–Kier alpha value is -0.610. The van der Waals surface area contributed by atoms with E-state index in [0.29, 0.717) is 18.6 Å². The molecular weight excluding hydrogens is 264 g/mol. The topological polar surface area (TPSA) is 41.6 Å². The summed E-state index contributed by atoms with van der Waals surface area (Å²) < 4.78 is 5.34. The summed E-state index contributed by atoms with van der Waals surface area (Å²) in [5, 5.41) is 3.30. The van der Waals surface area contributed by atoms with Crippen molar-refractivity contribution in [1.29, 1.82) is 0 Å². The van der Waals surface area contributed by atoms with Gasteiger partial charge in [-0.3, -0.25) is 4.79 Å². The molecule has 1 N–H and O–H groups in total. The van der Waals surface area contributed by atoms with Gasteiger partial charge in [-0.25, -0.2) is 0 Å². The number of likely N-dealkylation sites (N-methyl/N-ethyl adjacent to an activating group) is 1. The molecule has 124 valence electrons. The summed E-state index contributed by atoms with van der Waals surface area (Å²) >= 11 is 0. The van der Waals surface area contributed by atoms with Crippen molar-refractivity contribution in [3.8, 4) is 0 Å². The third-order valence-corrected chi connectivity index (χ3v) is 4.91. The lowest BCUT2D eigenvalue weighted by Crippen LogP contribution is -2.54. The monoisotopic (exact) mass is 298 g/mol. The Morgan fingerprint density at radius 1 is 1.38 bits per heavy atom. The maximum absolute atomic E-state index is 12.4. The number of nitrogens with one attached hydrogen (secondary N) is 1. The second-order valence-corrected chi connectivity index (χ2v) is 6.45. The van der Waals surface area contributed by atoms with Gasteiger partial charge in [0.25, 0.3) is 0 Å². The SMILES string of the molecule is CCCN(CCC1CCCC1(NC)C(=O)OCC)C(C)C. The van der Waals surface area contributed by atoms with Crippen molar-refractivity contribution in [3.63, 3.8) is 0 Å². The van der Waals surface area contributed by atoms with Gasteiger partial charge in [-0.1, -0.05) is 13.3 Å². The summed E-state index contributed by atoms with van der Waals surface area (Å²) in [6, 6.07) is 0.568. The number of nitrogens with zero attached hydrogens (tertiary/aromatic N) is 1. The summed E-state index contributed by atoms with van der Waals surface area (Å²) in [7, 11) is 1.90. The van der Waals surface area contributed by atoms with Gasteiger partial charge in [0, 0.05) is 6.04 Å². The zero-order valence-electron chi connectivity index (χ0n) is 14.6. The van der Waals surface area contributed by atoms with Crippen molar-refractivity contribution in [2.75, 3.05) is 26.7 Å². The Kier molecular flexibility index (Phi) is 7.67. The third-order valence-electron chi connectivity index (χ3n) is 4.91. The number of ether oxygens (including phenoxy) is 1. The van der Waals surface area contributed by atoms with Crippen LogP contribution in [0.25, 0.3) is 0 Å². The van der Waals surface area contributed by atoms with Crippen LogP contribution in [0.4, 0.5) is 0 Å². The summed E-state index contributed by atoms with van der Waals surface area (Å²) in [4.78, 5) is 14.9. The molecule has 0 aliphatic heterocycles. The van der Waals surface area contributed by atoms with Gasteiger partial charge in [0.15, 0.2) is 0 Å². The van der Waals surface area contributed by atoms with E-state index in [9.17, 15) is 4.79 Å². The van der Waals surface area contributed by atoms with Crippen LogP contribution in [0.1, 0.15) is 59.8 Å². The van der Waals surface area contributed by atoms with Crippen LogP contribution in [0, 0.1) is 5.92 Å². The molecule has 1 saturated carbocycles. The molecule has 0 aromatic carbocycles. The van der Waals surface area contributed by atoms with E-state index in [1.807, 2.05) is 14.0 Å². The summed E-state index contributed by atoms with van der Waals surface area (Å²) in [5.41, 5.74) is -0.453. The van der Waals surface area contributed by atoms with E-state index in [4.69, 9.17) is 4.74 Å². The van der Waals surface area contributed by atoms with Crippen molar-refractivity contribution < 1.29 is 9.53 Å². The van der Waals surface area contributed by atoms with Crippen molar-refractivity contribution in [1.82, 2.24) is 10.2 Å². The van der Waals surface area contributed by atoms with Crippen molar-refractivity contribution >= 4 is 5.97 Å². The van der Waals surface area contributed by atoms with E-state index < -0.39 is 5.54 Å². The van der Waals surface area contributed by atoms with E-state index >= 15 is 0 Å². The molecule has 0 aromatic heterocycles. The molecule has 0 aromatic rings. The minimum atomic E-state index is -0.453. The number of esters is 1. The fraction of sp³-hybridized carbons (Fsp3) is 0.941. The molecule has 21 heavy (non-hydrogen) atoms. The van der Waals surface area contributed by atoms with Crippen molar-refractivity contribution in [2.24, 2.45) is 5.92 Å². The molecule has 1 fully saturated rings. The lowest BCUT2D eigenvalue weighted by molar-refractivity contribution is -0.153. The molecule has 0 saturated heterocycles. The van der Waals surface area contributed by atoms with Gasteiger partial charge in [-0.05, 0) is 72.5 Å². The molecular formula is C17H34N2O2. The second kappa shape index (κ2) is 8.74. The lowest BCUT2D eigenvalue weighted by Gasteiger charge is -2.35. The van der Waals surface area contributed by atoms with Crippen molar-refractivity contribution in [2.45, 2.75) is 71.4 Å². The molecule has 0 radical (unpaired) electrons. The fourth-order valence-corrected chi connectivity index (χ4v) is 3.67. The minimum Gasteiger partial charge on any atom is -0.465 e. The van der Waals surface area contributed by atoms with Crippen LogP contribution in [0.5, 0.6) is 0 Å². The predicted octanol–water partition coefficient (Wildman–Crippen LogP) is 2.82. The van der Waals surface area contributed by atoms with Gasteiger partial charge in [-0.2, -0.15) is 0 Å². The number of hydrogen-bond acceptors (Lipinski definition) is 4. The first-order chi connectivity index (χ1) is 10.0. The van der Waals surface area contributed by atoms with Crippen LogP contribution < -0.4 is 5.32 Å². The maximum Gasteiger partial charge on any atom is 0.326 e. The minimum absolute atomic E-state index is 0.0541. The molecule has 1 aliphatic carbocycles. The van der Waals surface area contributed by atoms with E-state index in [-0.39, 0.29) is 5.97 Å². The first-order valence-electron chi connectivity index (χ1n) is 8.62. The Labute approximate surface area is 130 Å².